The van der Waals surface area contributed by atoms with Crippen molar-refractivity contribution in [3.05, 3.63) is 34.9 Å². The van der Waals surface area contributed by atoms with E-state index in [-0.39, 0.29) is 0 Å². The summed E-state index contributed by atoms with van der Waals surface area (Å²) in [7, 11) is -3.09. The summed E-state index contributed by atoms with van der Waals surface area (Å²) in [5.41, 5.74) is 1.08. The van der Waals surface area contributed by atoms with Crippen LogP contribution >= 0.6 is 11.6 Å². The Balaban J connectivity index is 2.21. The molecule has 0 bridgehead atoms. The Morgan fingerprint density at radius 1 is 1.31 bits per heavy atom. The number of hydrogen-bond acceptors (Lipinski definition) is 3. The molecule has 1 aromatic rings. The van der Waals surface area contributed by atoms with E-state index in [0.29, 0.717) is 24.7 Å². The third-order valence-electron chi connectivity index (χ3n) is 1.88. The van der Waals surface area contributed by atoms with Crippen LogP contribution in [0.5, 0.6) is 0 Å². The molecule has 1 aromatic carbocycles. The van der Waals surface area contributed by atoms with Gasteiger partial charge in [0.1, 0.15) is 0 Å². The fourth-order valence-corrected chi connectivity index (χ4v) is 1.89. The van der Waals surface area contributed by atoms with Crippen molar-refractivity contribution in [1.82, 2.24) is 10.0 Å². The summed E-state index contributed by atoms with van der Waals surface area (Å²) in [6.45, 7) is 1.64. The highest BCUT2D eigenvalue weighted by Crippen LogP contribution is 2.09. The van der Waals surface area contributed by atoms with Crippen molar-refractivity contribution in [2.24, 2.45) is 0 Å². The van der Waals surface area contributed by atoms with Crippen LogP contribution in [-0.2, 0) is 16.6 Å². The van der Waals surface area contributed by atoms with Crippen molar-refractivity contribution in [2.45, 2.75) is 6.54 Å². The molecule has 0 atom stereocenters. The molecular weight excluding hydrogens is 248 g/mol. The van der Waals surface area contributed by atoms with Gasteiger partial charge in [0.15, 0.2) is 0 Å². The lowest BCUT2D eigenvalue weighted by atomic mass is 10.2. The second-order valence-corrected chi connectivity index (χ2v) is 5.74. The van der Waals surface area contributed by atoms with Gasteiger partial charge in [0.2, 0.25) is 10.0 Å². The average Bonchev–Trinajstić information content (AvgIpc) is 2.15. The summed E-state index contributed by atoms with van der Waals surface area (Å²) in [5.74, 6) is 0. The summed E-state index contributed by atoms with van der Waals surface area (Å²) in [5, 5.41) is 3.82. The lowest BCUT2D eigenvalue weighted by Crippen LogP contribution is -2.30. The Kier molecular flexibility index (Phi) is 5.21. The molecule has 0 amide bonds. The van der Waals surface area contributed by atoms with Crippen molar-refractivity contribution in [2.75, 3.05) is 19.3 Å². The highest BCUT2D eigenvalue weighted by atomic mass is 35.5. The second kappa shape index (κ2) is 6.20. The predicted molar refractivity (Wildman–Crippen MR) is 66.0 cm³/mol. The first-order valence-electron chi connectivity index (χ1n) is 4.87. The van der Waals surface area contributed by atoms with E-state index in [2.05, 4.69) is 10.0 Å². The Labute approximate surface area is 101 Å². The zero-order valence-corrected chi connectivity index (χ0v) is 10.6. The number of benzene rings is 1. The van der Waals surface area contributed by atoms with E-state index >= 15 is 0 Å². The first-order chi connectivity index (χ1) is 7.47. The first kappa shape index (κ1) is 13.4. The highest BCUT2D eigenvalue weighted by molar-refractivity contribution is 7.88. The van der Waals surface area contributed by atoms with Gasteiger partial charge in [0, 0.05) is 24.7 Å². The Hall–Kier alpha value is -0.620. The predicted octanol–water partition coefficient (Wildman–Crippen LogP) is 0.979. The van der Waals surface area contributed by atoms with Crippen LogP contribution < -0.4 is 10.0 Å². The van der Waals surface area contributed by atoms with Crippen LogP contribution in [0, 0.1) is 0 Å². The zero-order valence-electron chi connectivity index (χ0n) is 9.03. The summed E-state index contributed by atoms with van der Waals surface area (Å²) in [4.78, 5) is 0. The maximum atomic E-state index is 10.8. The second-order valence-electron chi connectivity index (χ2n) is 3.47. The molecule has 0 heterocycles. The zero-order chi connectivity index (χ0) is 12.0. The fraction of sp³-hybridized carbons (Fsp3) is 0.400. The smallest absolute Gasteiger partial charge is 0.208 e. The van der Waals surface area contributed by atoms with Crippen LogP contribution in [0.15, 0.2) is 24.3 Å². The quantitative estimate of drug-likeness (QED) is 0.752. The molecule has 0 saturated heterocycles. The molecular formula is C10H15ClN2O2S. The molecule has 0 spiro atoms. The minimum absolute atomic E-state index is 0.388. The molecule has 6 heteroatoms. The highest BCUT2D eigenvalue weighted by Gasteiger charge is 1.98. The maximum absolute atomic E-state index is 10.8. The van der Waals surface area contributed by atoms with Gasteiger partial charge in [-0.1, -0.05) is 23.7 Å². The Morgan fingerprint density at radius 3 is 2.69 bits per heavy atom. The van der Waals surface area contributed by atoms with E-state index in [0.717, 1.165) is 11.8 Å². The molecule has 0 aliphatic carbocycles. The van der Waals surface area contributed by atoms with Gasteiger partial charge in [-0.2, -0.15) is 0 Å². The van der Waals surface area contributed by atoms with Gasteiger partial charge in [-0.3, -0.25) is 0 Å². The van der Waals surface area contributed by atoms with Crippen molar-refractivity contribution in [1.29, 1.82) is 0 Å². The largest absolute Gasteiger partial charge is 0.311 e. The molecule has 16 heavy (non-hydrogen) atoms. The van der Waals surface area contributed by atoms with Crippen molar-refractivity contribution in [3.63, 3.8) is 0 Å². The SMILES string of the molecule is CS(=O)(=O)NCCNCc1cccc(Cl)c1. The van der Waals surface area contributed by atoms with E-state index in [1.54, 1.807) is 0 Å². The van der Waals surface area contributed by atoms with Crippen LogP contribution in [0.3, 0.4) is 0 Å². The molecule has 0 aromatic heterocycles. The number of nitrogens with one attached hydrogen (secondary N) is 2. The number of sulfonamides is 1. The minimum Gasteiger partial charge on any atom is -0.311 e. The Bertz CT molecular complexity index is 434. The molecule has 0 saturated carbocycles. The number of hydrogen-bond donors (Lipinski definition) is 2. The van der Waals surface area contributed by atoms with E-state index in [1.165, 1.54) is 0 Å². The van der Waals surface area contributed by atoms with Crippen LogP contribution in [0.4, 0.5) is 0 Å². The first-order valence-corrected chi connectivity index (χ1v) is 7.14. The van der Waals surface area contributed by atoms with Gasteiger partial charge in [-0.15, -0.1) is 0 Å². The van der Waals surface area contributed by atoms with Gasteiger partial charge in [0.25, 0.3) is 0 Å². The maximum Gasteiger partial charge on any atom is 0.208 e. The van der Waals surface area contributed by atoms with Crippen LogP contribution in [0.2, 0.25) is 5.02 Å². The summed E-state index contributed by atoms with van der Waals surface area (Å²) < 4.78 is 23.9. The van der Waals surface area contributed by atoms with Gasteiger partial charge >= 0.3 is 0 Å². The monoisotopic (exact) mass is 262 g/mol. The summed E-state index contributed by atoms with van der Waals surface area (Å²) in [6, 6.07) is 7.53. The third kappa shape index (κ3) is 6.07. The van der Waals surface area contributed by atoms with Crippen LogP contribution in [0.25, 0.3) is 0 Å². The topological polar surface area (TPSA) is 58.2 Å². The normalized spacial score (nSPS) is 11.6. The number of rotatable bonds is 6. The van der Waals surface area contributed by atoms with E-state index in [9.17, 15) is 8.42 Å². The van der Waals surface area contributed by atoms with Crippen LogP contribution in [0.1, 0.15) is 5.56 Å². The van der Waals surface area contributed by atoms with E-state index in [1.807, 2.05) is 24.3 Å². The molecule has 4 nitrogen and oxygen atoms in total. The van der Waals surface area contributed by atoms with Gasteiger partial charge in [-0.25, -0.2) is 13.1 Å². The van der Waals surface area contributed by atoms with Gasteiger partial charge < -0.3 is 5.32 Å². The molecule has 0 radical (unpaired) electrons. The van der Waals surface area contributed by atoms with Gasteiger partial charge in [0.05, 0.1) is 6.26 Å². The van der Waals surface area contributed by atoms with Crippen molar-refractivity contribution >= 4 is 21.6 Å². The molecule has 0 aliphatic rings. The molecule has 90 valence electrons. The lowest BCUT2D eigenvalue weighted by Gasteiger charge is -2.05. The van der Waals surface area contributed by atoms with Gasteiger partial charge in [-0.05, 0) is 17.7 Å². The minimum atomic E-state index is -3.09. The fourth-order valence-electron chi connectivity index (χ4n) is 1.20. The average molecular weight is 263 g/mol. The van der Waals surface area contributed by atoms with Crippen molar-refractivity contribution in [3.8, 4) is 0 Å². The van der Waals surface area contributed by atoms with Crippen molar-refractivity contribution < 1.29 is 8.42 Å². The third-order valence-corrected chi connectivity index (χ3v) is 2.85. The standard InChI is InChI=1S/C10H15ClN2O2S/c1-16(14,15)13-6-5-12-8-9-3-2-4-10(11)7-9/h2-4,7,12-13H,5-6,8H2,1H3. The molecule has 1 rings (SSSR count). The van der Waals surface area contributed by atoms with E-state index in [4.69, 9.17) is 11.6 Å². The Morgan fingerprint density at radius 2 is 2.06 bits per heavy atom. The van der Waals surface area contributed by atoms with E-state index < -0.39 is 10.0 Å². The number of halogens is 1. The summed E-state index contributed by atoms with van der Waals surface area (Å²) in [6.07, 6.45) is 1.14. The lowest BCUT2D eigenvalue weighted by molar-refractivity contribution is 0.582. The molecule has 2 N–H and O–H groups in total. The molecule has 0 aliphatic heterocycles. The molecule has 0 unspecified atom stereocenters. The summed E-state index contributed by atoms with van der Waals surface area (Å²) >= 11 is 5.83. The molecule has 0 fully saturated rings. The van der Waals surface area contributed by atoms with Crippen LogP contribution in [-0.4, -0.2) is 27.8 Å².